The van der Waals surface area contributed by atoms with Crippen LogP contribution in [0.4, 0.5) is 20.6 Å². The summed E-state index contributed by atoms with van der Waals surface area (Å²) >= 11 is 5.96. The van der Waals surface area contributed by atoms with Crippen LogP contribution in [0, 0.1) is 18.3 Å². The van der Waals surface area contributed by atoms with E-state index in [0.29, 0.717) is 23.8 Å². The van der Waals surface area contributed by atoms with Crippen LogP contribution in [0.1, 0.15) is 37.7 Å². The number of unbranched alkanes of at least 4 members (excludes halogenated alkanes) is 1. The molecule has 0 spiro atoms. The van der Waals surface area contributed by atoms with Crippen LogP contribution in [0.25, 0.3) is 4.85 Å². The fourth-order valence-electron chi connectivity index (χ4n) is 6.33. The monoisotopic (exact) mass is 523 g/mol. The Labute approximate surface area is 224 Å². The smallest absolute Gasteiger partial charge is 0.321 e. The number of piperazine rings is 1. The summed E-state index contributed by atoms with van der Waals surface area (Å²) in [5.41, 5.74) is 2.57. The minimum Gasteiger partial charge on any atom is -0.321 e. The molecule has 1 heterocycles. The molecule has 0 unspecified atom stereocenters. The second-order valence-corrected chi connectivity index (χ2v) is 11.2. The number of anilines is 1. The molecule has 37 heavy (non-hydrogen) atoms. The van der Waals surface area contributed by atoms with E-state index in [0.717, 1.165) is 64.8 Å². The van der Waals surface area contributed by atoms with Crippen molar-refractivity contribution in [1.29, 1.82) is 0 Å². The highest BCUT2D eigenvalue weighted by atomic mass is 35.5. The minimum absolute atomic E-state index is 0.00136. The van der Waals surface area contributed by atoms with Crippen molar-refractivity contribution < 1.29 is 9.18 Å². The highest BCUT2D eigenvalue weighted by Gasteiger charge is 2.63. The van der Waals surface area contributed by atoms with Crippen LogP contribution in [0.5, 0.6) is 0 Å². The Morgan fingerprint density at radius 1 is 1.19 bits per heavy atom. The van der Waals surface area contributed by atoms with Gasteiger partial charge < -0.3 is 20.0 Å². The molecule has 1 saturated heterocycles. The van der Waals surface area contributed by atoms with Gasteiger partial charge >= 0.3 is 6.03 Å². The predicted molar refractivity (Wildman–Crippen MR) is 146 cm³/mol. The fourth-order valence-corrected chi connectivity index (χ4v) is 6.51. The Kier molecular flexibility index (Phi) is 7.71. The zero-order valence-electron chi connectivity index (χ0n) is 21.4. The summed E-state index contributed by atoms with van der Waals surface area (Å²) in [5, 5.41) is 2.98. The molecule has 2 saturated carbocycles. The lowest BCUT2D eigenvalue weighted by Gasteiger charge is -2.33. The summed E-state index contributed by atoms with van der Waals surface area (Å²) in [4.78, 5) is 24.0. The van der Waals surface area contributed by atoms with E-state index in [1.54, 1.807) is 6.07 Å². The molecular weight excluding hydrogens is 489 g/mol. The lowest BCUT2D eigenvalue weighted by atomic mass is 9.93. The molecule has 5 rings (SSSR count). The maximum Gasteiger partial charge on any atom is 0.322 e. The molecule has 3 aliphatic rings. The second-order valence-electron chi connectivity index (χ2n) is 10.8. The third-order valence-electron chi connectivity index (χ3n) is 8.61. The lowest BCUT2D eigenvalue weighted by molar-refractivity contribution is 0.147. The maximum atomic E-state index is 13.7. The first kappa shape index (κ1) is 26.0. The molecule has 3 atom stereocenters. The summed E-state index contributed by atoms with van der Waals surface area (Å²) < 4.78 is 13.7. The summed E-state index contributed by atoms with van der Waals surface area (Å²) in [6.07, 6.45) is 5.08. The van der Waals surface area contributed by atoms with E-state index in [4.69, 9.17) is 18.2 Å². The Morgan fingerprint density at radius 3 is 2.62 bits per heavy atom. The number of hydrogen-bond acceptors (Lipinski definition) is 3. The average molecular weight is 524 g/mol. The van der Waals surface area contributed by atoms with Crippen molar-refractivity contribution in [2.24, 2.45) is 5.92 Å². The Balaban J connectivity index is 1.25. The molecular formula is C29H35ClFN5O. The van der Waals surface area contributed by atoms with Crippen LogP contribution in [-0.4, -0.2) is 73.1 Å². The predicted octanol–water partition coefficient (Wildman–Crippen LogP) is 6.01. The highest BCUT2D eigenvalue weighted by Crippen LogP contribution is 2.65. The molecule has 3 fully saturated rings. The van der Waals surface area contributed by atoms with Crippen LogP contribution in [-0.2, 0) is 5.41 Å². The first-order valence-electron chi connectivity index (χ1n) is 13.3. The zero-order chi connectivity index (χ0) is 26.0. The molecule has 1 N–H and O–H groups in total. The number of nitrogens with zero attached hydrogens (tertiary/aromatic N) is 4. The molecule has 6 nitrogen and oxygen atoms in total. The number of likely N-dealkylation sites (N-methyl/N-ethyl adjacent to an activating group) is 1. The number of hydrogen-bond donors (Lipinski definition) is 1. The first-order chi connectivity index (χ1) is 17.9. The molecule has 8 heteroatoms. The molecule has 2 aromatic carbocycles. The van der Waals surface area contributed by atoms with Gasteiger partial charge in [-0.1, -0.05) is 35.9 Å². The van der Waals surface area contributed by atoms with Crippen LogP contribution in [0.15, 0.2) is 42.5 Å². The largest absolute Gasteiger partial charge is 0.322 e. The lowest BCUT2D eigenvalue weighted by Crippen LogP contribution is -2.45. The first-order valence-corrected chi connectivity index (χ1v) is 13.7. The molecule has 0 aromatic heterocycles. The van der Waals surface area contributed by atoms with Gasteiger partial charge in [0.1, 0.15) is 5.82 Å². The molecule has 196 valence electrons. The van der Waals surface area contributed by atoms with E-state index >= 15 is 0 Å². The normalized spacial score (nSPS) is 25.4. The van der Waals surface area contributed by atoms with E-state index in [2.05, 4.69) is 39.1 Å². The van der Waals surface area contributed by atoms with Gasteiger partial charge in [0.05, 0.1) is 11.6 Å². The van der Waals surface area contributed by atoms with Crippen molar-refractivity contribution in [2.45, 2.75) is 43.6 Å². The van der Waals surface area contributed by atoms with Crippen molar-refractivity contribution in [2.75, 3.05) is 51.6 Å². The number of amides is 2. The van der Waals surface area contributed by atoms with Crippen LogP contribution in [0.3, 0.4) is 0 Å². The summed E-state index contributed by atoms with van der Waals surface area (Å²) in [7, 11) is 2.17. The number of nitrogens with one attached hydrogen (secondary N) is 1. The van der Waals surface area contributed by atoms with Gasteiger partial charge in [-0.3, -0.25) is 0 Å². The van der Waals surface area contributed by atoms with E-state index in [9.17, 15) is 9.18 Å². The van der Waals surface area contributed by atoms with Crippen LogP contribution >= 0.6 is 11.6 Å². The standard InChI is InChI=1S/C29H35ClFN5O/c1-32-22-7-5-21(6-8-22)29-12-11-27(24(29)20-29)36(14-4-3-13-35-17-15-34(2)16-18-35)28(37)33-23-9-10-26(31)25(30)19-23/h5-10,19,24,27H,3-4,11-18,20H2,2H3,(H,33,37)/t24-,27-,29-/m1/s1. The van der Waals surface area contributed by atoms with Gasteiger partial charge in [0.15, 0.2) is 5.69 Å². The zero-order valence-corrected chi connectivity index (χ0v) is 22.2. The van der Waals surface area contributed by atoms with Crippen LogP contribution in [0.2, 0.25) is 5.02 Å². The summed E-state index contributed by atoms with van der Waals surface area (Å²) in [6.45, 7) is 13.4. The molecule has 2 aliphatic carbocycles. The summed E-state index contributed by atoms with van der Waals surface area (Å²) in [5.74, 6) is -0.0744. The molecule has 1 aliphatic heterocycles. The maximum absolute atomic E-state index is 13.7. The summed E-state index contributed by atoms with van der Waals surface area (Å²) in [6, 6.07) is 12.3. The number of benzene rings is 2. The molecule has 2 amide bonds. The van der Waals surface area contributed by atoms with Gasteiger partial charge in [0.2, 0.25) is 0 Å². The van der Waals surface area contributed by atoms with E-state index in [1.165, 1.54) is 17.7 Å². The molecule has 2 aromatic rings. The van der Waals surface area contributed by atoms with E-state index in [-0.39, 0.29) is 22.5 Å². The van der Waals surface area contributed by atoms with Crippen molar-refractivity contribution in [3.63, 3.8) is 0 Å². The van der Waals surface area contributed by atoms with Crippen molar-refractivity contribution in [3.05, 3.63) is 70.3 Å². The van der Waals surface area contributed by atoms with Crippen molar-refractivity contribution >= 4 is 29.0 Å². The quantitative estimate of drug-likeness (QED) is 0.340. The van der Waals surface area contributed by atoms with Gasteiger partial charge in [-0.2, -0.15) is 0 Å². The van der Waals surface area contributed by atoms with Gasteiger partial charge in [-0.15, -0.1) is 0 Å². The van der Waals surface area contributed by atoms with E-state index in [1.807, 2.05) is 17.0 Å². The van der Waals surface area contributed by atoms with Gasteiger partial charge in [0.25, 0.3) is 0 Å². The Hall–Kier alpha value is -2.66. The molecule has 0 bridgehead atoms. The average Bonchev–Trinajstić information content (AvgIpc) is 3.53. The van der Waals surface area contributed by atoms with Crippen molar-refractivity contribution in [1.82, 2.24) is 14.7 Å². The number of rotatable bonds is 8. The SMILES string of the molecule is [C-]#[N+]c1ccc([C@]23CC[C@@H](N(CCCCN4CCN(C)CC4)C(=O)Nc4ccc(F)c(Cl)c4)[C@H]2C3)cc1. The Bertz CT molecular complexity index is 1160. The van der Waals surface area contributed by atoms with Crippen molar-refractivity contribution in [3.8, 4) is 0 Å². The van der Waals surface area contributed by atoms with Gasteiger partial charge in [-0.25, -0.2) is 14.0 Å². The van der Waals surface area contributed by atoms with E-state index < -0.39 is 5.82 Å². The minimum atomic E-state index is -0.497. The van der Waals surface area contributed by atoms with Gasteiger partial charge in [0, 0.05) is 49.9 Å². The number of carbonyl (C=O) groups is 1. The third kappa shape index (κ3) is 5.62. The Morgan fingerprint density at radius 2 is 1.95 bits per heavy atom. The number of halogens is 2. The fraction of sp³-hybridized carbons (Fsp3) is 0.517. The number of urea groups is 1. The topological polar surface area (TPSA) is 43.2 Å². The highest BCUT2D eigenvalue weighted by molar-refractivity contribution is 6.31. The number of carbonyl (C=O) groups excluding carboxylic acids is 1. The van der Waals surface area contributed by atoms with Gasteiger partial charge in [-0.05, 0) is 75.4 Å². The molecule has 0 radical (unpaired) electrons. The second kappa shape index (κ2) is 11.0. The number of fused-ring (bicyclic) bond motifs is 1. The van der Waals surface area contributed by atoms with Crippen LogP contribution < -0.4 is 5.32 Å². The third-order valence-corrected chi connectivity index (χ3v) is 8.90.